The summed E-state index contributed by atoms with van der Waals surface area (Å²) in [6.07, 6.45) is 6.76. The van der Waals surface area contributed by atoms with Crippen molar-refractivity contribution in [2.24, 2.45) is 4.99 Å². The molecule has 1 aliphatic heterocycles. The molecule has 0 atom stereocenters. The van der Waals surface area contributed by atoms with E-state index in [4.69, 9.17) is 0 Å². The molecule has 2 N–H and O–H groups in total. The van der Waals surface area contributed by atoms with E-state index < -0.39 is 0 Å². The first-order valence-electron chi connectivity index (χ1n) is 10.4. The van der Waals surface area contributed by atoms with Crippen LogP contribution in [0.5, 0.6) is 0 Å². The molecule has 1 aromatic carbocycles. The molecule has 0 unspecified atom stereocenters. The molecule has 0 aliphatic carbocycles. The molecule has 0 saturated carbocycles. The standard InChI is InChI=1S/C23H33N5.HI/c1-18-13-19(2)15-20(14-18)7-10-26-23(24-3)27-17-21-8-9-25-22(16-21)28-11-5-4-6-12-28;/h8-9,13-16H,4-7,10-12,17H2,1-3H3,(H2,24,26,27);1H. The summed E-state index contributed by atoms with van der Waals surface area (Å²) in [5, 5.41) is 6.84. The molecule has 0 spiro atoms. The Morgan fingerprint density at radius 3 is 2.41 bits per heavy atom. The molecule has 5 nitrogen and oxygen atoms in total. The van der Waals surface area contributed by atoms with Gasteiger partial charge in [-0.1, -0.05) is 29.3 Å². The molecule has 1 aliphatic rings. The number of benzene rings is 1. The maximum Gasteiger partial charge on any atom is 0.191 e. The van der Waals surface area contributed by atoms with E-state index >= 15 is 0 Å². The Morgan fingerprint density at radius 1 is 1.00 bits per heavy atom. The zero-order valence-corrected chi connectivity index (χ0v) is 20.2. The number of anilines is 1. The van der Waals surface area contributed by atoms with Crippen LogP contribution in [0.4, 0.5) is 5.82 Å². The van der Waals surface area contributed by atoms with Gasteiger partial charge in [0.1, 0.15) is 5.82 Å². The summed E-state index contributed by atoms with van der Waals surface area (Å²) in [5.74, 6) is 1.93. The Balaban J connectivity index is 0.00000300. The average Bonchev–Trinajstić information content (AvgIpc) is 2.71. The molecule has 6 heteroatoms. The first-order valence-corrected chi connectivity index (χ1v) is 10.4. The van der Waals surface area contributed by atoms with Gasteiger partial charge in [0.05, 0.1) is 0 Å². The normalized spacial score (nSPS) is 14.3. The smallest absolute Gasteiger partial charge is 0.191 e. The van der Waals surface area contributed by atoms with Crippen LogP contribution in [0.15, 0.2) is 41.5 Å². The summed E-state index contributed by atoms with van der Waals surface area (Å²) >= 11 is 0. The van der Waals surface area contributed by atoms with Crippen molar-refractivity contribution in [1.82, 2.24) is 15.6 Å². The zero-order valence-electron chi connectivity index (χ0n) is 17.9. The van der Waals surface area contributed by atoms with E-state index in [2.05, 4.69) is 69.7 Å². The first-order chi connectivity index (χ1) is 13.6. The van der Waals surface area contributed by atoms with Crippen LogP contribution in [-0.2, 0) is 13.0 Å². The second-order valence-corrected chi connectivity index (χ2v) is 7.67. The van der Waals surface area contributed by atoms with Crippen molar-refractivity contribution >= 4 is 35.8 Å². The van der Waals surface area contributed by atoms with Crippen LogP contribution in [0.2, 0.25) is 0 Å². The molecular weight excluding hydrogens is 473 g/mol. The fourth-order valence-electron chi connectivity index (χ4n) is 3.81. The van der Waals surface area contributed by atoms with Crippen molar-refractivity contribution < 1.29 is 0 Å². The van der Waals surface area contributed by atoms with Gasteiger partial charge in [-0.2, -0.15) is 0 Å². The highest BCUT2D eigenvalue weighted by Crippen LogP contribution is 2.18. The highest BCUT2D eigenvalue weighted by molar-refractivity contribution is 14.0. The van der Waals surface area contributed by atoms with Gasteiger partial charge in [-0.15, -0.1) is 24.0 Å². The van der Waals surface area contributed by atoms with Crippen LogP contribution >= 0.6 is 24.0 Å². The highest BCUT2D eigenvalue weighted by atomic mass is 127. The summed E-state index contributed by atoms with van der Waals surface area (Å²) < 4.78 is 0. The van der Waals surface area contributed by atoms with Gasteiger partial charge in [0, 0.05) is 39.4 Å². The van der Waals surface area contributed by atoms with Crippen LogP contribution in [0.25, 0.3) is 0 Å². The molecule has 1 fully saturated rings. The van der Waals surface area contributed by atoms with E-state index in [1.165, 1.54) is 41.5 Å². The molecule has 0 amide bonds. The van der Waals surface area contributed by atoms with Gasteiger partial charge in [0.15, 0.2) is 5.96 Å². The molecule has 0 bridgehead atoms. The first kappa shape index (κ1) is 23.4. The van der Waals surface area contributed by atoms with E-state index in [0.29, 0.717) is 0 Å². The summed E-state index contributed by atoms with van der Waals surface area (Å²) in [6.45, 7) is 8.14. The lowest BCUT2D eigenvalue weighted by Crippen LogP contribution is -2.38. The minimum Gasteiger partial charge on any atom is -0.357 e. The second kappa shape index (κ2) is 12.0. The minimum absolute atomic E-state index is 0. The molecule has 29 heavy (non-hydrogen) atoms. The molecule has 0 radical (unpaired) electrons. The van der Waals surface area contributed by atoms with Gasteiger partial charge in [0.2, 0.25) is 0 Å². The lowest BCUT2D eigenvalue weighted by atomic mass is 10.1. The number of nitrogens with zero attached hydrogens (tertiary/aromatic N) is 3. The van der Waals surface area contributed by atoms with E-state index in [9.17, 15) is 0 Å². The predicted octanol–water partition coefficient (Wildman–Crippen LogP) is 4.21. The number of aromatic nitrogens is 1. The summed E-state index contributed by atoms with van der Waals surface area (Å²) in [7, 11) is 1.82. The third-order valence-corrected chi connectivity index (χ3v) is 5.16. The van der Waals surface area contributed by atoms with Crippen LogP contribution in [0.1, 0.15) is 41.5 Å². The lowest BCUT2D eigenvalue weighted by Gasteiger charge is -2.28. The zero-order chi connectivity index (χ0) is 19.8. The van der Waals surface area contributed by atoms with E-state index in [1.807, 2.05) is 13.2 Å². The third kappa shape index (κ3) is 7.49. The van der Waals surface area contributed by atoms with Crippen molar-refractivity contribution in [3.63, 3.8) is 0 Å². The average molecular weight is 507 g/mol. The molecule has 158 valence electrons. The largest absolute Gasteiger partial charge is 0.357 e. The Bertz CT molecular complexity index is 779. The van der Waals surface area contributed by atoms with Gasteiger partial charge < -0.3 is 15.5 Å². The van der Waals surface area contributed by atoms with E-state index in [1.54, 1.807) is 0 Å². The van der Waals surface area contributed by atoms with Gasteiger partial charge in [-0.3, -0.25) is 4.99 Å². The second-order valence-electron chi connectivity index (χ2n) is 7.67. The number of piperidine rings is 1. The number of aliphatic imine (C=N–C) groups is 1. The maximum absolute atomic E-state index is 4.56. The van der Waals surface area contributed by atoms with Crippen LogP contribution in [-0.4, -0.2) is 37.6 Å². The quantitative estimate of drug-likeness (QED) is 0.350. The van der Waals surface area contributed by atoms with Crippen molar-refractivity contribution in [2.45, 2.75) is 46.1 Å². The summed E-state index contributed by atoms with van der Waals surface area (Å²) in [6, 6.07) is 11.0. The fourth-order valence-corrected chi connectivity index (χ4v) is 3.81. The summed E-state index contributed by atoms with van der Waals surface area (Å²) in [5.41, 5.74) is 5.23. The lowest BCUT2D eigenvalue weighted by molar-refractivity contribution is 0.573. The third-order valence-electron chi connectivity index (χ3n) is 5.16. The Kier molecular flexibility index (Phi) is 9.70. The predicted molar refractivity (Wildman–Crippen MR) is 134 cm³/mol. The number of nitrogens with one attached hydrogen (secondary N) is 2. The fraction of sp³-hybridized carbons (Fsp3) is 0.478. The summed E-state index contributed by atoms with van der Waals surface area (Å²) in [4.78, 5) is 11.3. The Labute approximate surface area is 192 Å². The molecule has 1 saturated heterocycles. The van der Waals surface area contributed by atoms with Crippen LogP contribution < -0.4 is 15.5 Å². The minimum atomic E-state index is 0. The Morgan fingerprint density at radius 2 is 1.72 bits per heavy atom. The highest BCUT2D eigenvalue weighted by Gasteiger charge is 2.12. The van der Waals surface area contributed by atoms with Gasteiger partial charge in [-0.25, -0.2) is 4.98 Å². The molecule has 2 heterocycles. The van der Waals surface area contributed by atoms with E-state index in [-0.39, 0.29) is 24.0 Å². The molecular formula is C23H34IN5. The van der Waals surface area contributed by atoms with Gasteiger partial charge in [-0.05, 0) is 62.8 Å². The van der Waals surface area contributed by atoms with E-state index in [0.717, 1.165) is 44.4 Å². The van der Waals surface area contributed by atoms with Crippen molar-refractivity contribution in [3.05, 3.63) is 58.8 Å². The maximum atomic E-state index is 4.56. The Hall–Kier alpha value is -1.83. The van der Waals surface area contributed by atoms with Crippen molar-refractivity contribution in [1.29, 1.82) is 0 Å². The van der Waals surface area contributed by atoms with Crippen LogP contribution in [0, 0.1) is 13.8 Å². The number of guanidine groups is 1. The van der Waals surface area contributed by atoms with Crippen molar-refractivity contribution in [2.75, 3.05) is 31.6 Å². The number of rotatable bonds is 6. The number of halogens is 1. The number of pyridine rings is 1. The molecule has 2 aromatic rings. The number of aryl methyl sites for hydroxylation is 2. The molecule has 1 aromatic heterocycles. The van der Waals surface area contributed by atoms with Crippen molar-refractivity contribution in [3.8, 4) is 0 Å². The molecule has 3 rings (SSSR count). The topological polar surface area (TPSA) is 52.6 Å². The van der Waals surface area contributed by atoms with Gasteiger partial charge in [0.25, 0.3) is 0 Å². The van der Waals surface area contributed by atoms with Crippen LogP contribution in [0.3, 0.4) is 0 Å². The number of hydrogen-bond acceptors (Lipinski definition) is 3. The number of hydrogen-bond donors (Lipinski definition) is 2. The monoisotopic (exact) mass is 507 g/mol. The SMILES string of the molecule is CN=C(NCCc1cc(C)cc(C)c1)NCc1ccnc(N2CCCCC2)c1.I. The van der Waals surface area contributed by atoms with Gasteiger partial charge >= 0.3 is 0 Å².